The van der Waals surface area contributed by atoms with Crippen LogP contribution in [0.4, 0.5) is 0 Å². The Hall–Kier alpha value is -1.83. The Morgan fingerprint density at radius 3 is 2.86 bits per heavy atom. The fourth-order valence-corrected chi connectivity index (χ4v) is 3.25. The first-order valence-corrected chi connectivity index (χ1v) is 7.84. The van der Waals surface area contributed by atoms with Gasteiger partial charge in [0.1, 0.15) is 0 Å². The second-order valence-corrected chi connectivity index (χ2v) is 5.86. The Kier molecular flexibility index (Phi) is 5.00. The van der Waals surface area contributed by atoms with Crippen molar-refractivity contribution in [2.45, 2.75) is 51.9 Å². The SMILES string of the molecule is C/C=C\C=C1CCCC(C)(c2cccc(=O)[nH]2)C1=CCC. The van der Waals surface area contributed by atoms with Gasteiger partial charge in [-0.25, -0.2) is 0 Å². The van der Waals surface area contributed by atoms with Gasteiger partial charge < -0.3 is 4.98 Å². The van der Waals surface area contributed by atoms with Crippen molar-refractivity contribution in [3.63, 3.8) is 0 Å². The summed E-state index contributed by atoms with van der Waals surface area (Å²) >= 11 is 0. The lowest BCUT2D eigenvalue weighted by Gasteiger charge is -2.38. The monoisotopic (exact) mass is 283 g/mol. The predicted molar refractivity (Wildman–Crippen MR) is 89.5 cm³/mol. The molecule has 21 heavy (non-hydrogen) atoms. The van der Waals surface area contributed by atoms with Crippen LogP contribution in [0.1, 0.15) is 52.1 Å². The number of hydrogen-bond donors (Lipinski definition) is 1. The van der Waals surface area contributed by atoms with E-state index in [1.807, 2.05) is 19.1 Å². The molecule has 2 heteroatoms. The summed E-state index contributed by atoms with van der Waals surface area (Å²) in [6.45, 7) is 6.46. The standard InChI is InChI=1S/C19H25NO/c1-4-6-10-15-11-8-14-19(3,16(15)9-5-2)17-12-7-13-18(21)20-17/h4,6-7,9-10,12-13H,5,8,11,14H2,1-3H3,(H,20,21)/b6-4-,15-10?,16-9?. The van der Waals surface area contributed by atoms with Gasteiger partial charge in [-0.1, -0.05) is 37.3 Å². The third-order valence-corrected chi connectivity index (χ3v) is 4.32. The molecule has 1 aromatic rings. The van der Waals surface area contributed by atoms with E-state index in [1.54, 1.807) is 6.07 Å². The Bertz CT molecular complexity index is 633. The fraction of sp³-hybridized carbons (Fsp3) is 0.421. The molecule has 0 bridgehead atoms. The van der Waals surface area contributed by atoms with Crippen LogP contribution in [0.2, 0.25) is 0 Å². The maximum absolute atomic E-state index is 11.7. The van der Waals surface area contributed by atoms with Gasteiger partial charge in [-0.2, -0.15) is 0 Å². The van der Waals surface area contributed by atoms with Crippen molar-refractivity contribution < 1.29 is 0 Å². The van der Waals surface area contributed by atoms with Crippen LogP contribution in [0.25, 0.3) is 0 Å². The summed E-state index contributed by atoms with van der Waals surface area (Å²) in [6.07, 6.45) is 13.1. The number of hydrogen-bond acceptors (Lipinski definition) is 1. The summed E-state index contributed by atoms with van der Waals surface area (Å²) in [5, 5.41) is 0. The normalized spacial score (nSPS) is 26.8. The van der Waals surface area contributed by atoms with Crippen molar-refractivity contribution in [1.29, 1.82) is 0 Å². The van der Waals surface area contributed by atoms with Gasteiger partial charge in [-0.3, -0.25) is 4.79 Å². The van der Waals surface area contributed by atoms with Crippen LogP contribution in [0.5, 0.6) is 0 Å². The number of nitrogens with one attached hydrogen (secondary N) is 1. The van der Waals surface area contributed by atoms with E-state index in [4.69, 9.17) is 0 Å². The Morgan fingerprint density at radius 2 is 2.19 bits per heavy atom. The zero-order chi connectivity index (χ0) is 15.3. The van der Waals surface area contributed by atoms with Crippen molar-refractivity contribution >= 4 is 0 Å². The molecule has 1 aromatic heterocycles. The van der Waals surface area contributed by atoms with Crippen LogP contribution in [0.15, 0.2) is 58.4 Å². The van der Waals surface area contributed by atoms with Crippen LogP contribution in [-0.4, -0.2) is 4.98 Å². The van der Waals surface area contributed by atoms with Crippen molar-refractivity contribution in [2.24, 2.45) is 0 Å². The third-order valence-electron chi connectivity index (χ3n) is 4.32. The number of aromatic amines is 1. The number of allylic oxidation sites excluding steroid dienone is 6. The molecule has 0 saturated heterocycles. The van der Waals surface area contributed by atoms with Gasteiger partial charge in [0.25, 0.3) is 0 Å². The number of rotatable bonds is 3. The van der Waals surface area contributed by atoms with E-state index in [1.165, 1.54) is 11.1 Å². The molecular weight excluding hydrogens is 258 g/mol. The molecule has 0 spiro atoms. The first-order chi connectivity index (χ1) is 10.1. The summed E-state index contributed by atoms with van der Waals surface area (Å²) in [7, 11) is 0. The molecule has 0 aliphatic heterocycles. The Balaban J connectivity index is 2.54. The molecule has 1 saturated carbocycles. The Morgan fingerprint density at radius 1 is 1.38 bits per heavy atom. The quantitative estimate of drug-likeness (QED) is 0.860. The number of H-pyrrole nitrogens is 1. The van der Waals surface area contributed by atoms with Gasteiger partial charge in [0.15, 0.2) is 0 Å². The van der Waals surface area contributed by atoms with Gasteiger partial charge in [-0.05, 0) is 56.7 Å². The third kappa shape index (κ3) is 3.26. The highest BCUT2D eigenvalue weighted by atomic mass is 16.1. The average molecular weight is 283 g/mol. The molecule has 1 heterocycles. The highest BCUT2D eigenvalue weighted by Crippen LogP contribution is 2.45. The first kappa shape index (κ1) is 15.6. The number of aromatic nitrogens is 1. The minimum Gasteiger partial charge on any atom is -0.325 e. The van der Waals surface area contributed by atoms with Crippen molar-refractivity contribution in [3.8, 4) is 0 Å². The van der Waals surface area contributed by atoms with E-state index in [0.29, 0.717) is 0 Å². The largest absolute Gasteiger partial charge is 0.325 e. The van der Waals surface area contributed by atoms with Crippen LogP contribution in [0.3, 0.4) is 0 Å². The molecule has 0 amide bonds. The van der Waals surface area contributed by atoms with E-state index in [-0.39, 0.29) is 11.0 Å². The average Bonchev–Trinajstić information content (AvgIpc) is 2.48. The summed E-state index contributed by atoms with van der Waals surface area (Å²) in [6, 6.07) is 5.48. The second-order valence-electron chi connectivity index (χ2n) is 5.86. The van der Waals surface area contributed by atoms with Crippen molar-refractivity contribution in [3.05, 3.63) is 69.7 Å². The molecule has 0 aromatic carbocycles. The molecule has 2 nitrogen and oxygen atoms in total. The maximum atomic E-state index is 11.7. The molecule has 2 rings (SSSR count). The van der Waals surface area contributed by atoms with Gasteiger partial charge in [-0.15, -0.1) is 0 Å². The highest BCUT2D eigenvalue weighted by molar-refractivity contribution is 5.47. The molecule has 1 aliphatic rings. The maximum Gasteiger partial charge on any atom is 0.248 e. The summed E-state index contributed by atoms with van der Waals surface area (Å²) in [4.78, 5) is 14.7. The van der Waals surface area contributed by atoms with Crippen LogP contribution in [0, 0.1) is 0 Å². The lowest BCUT2D eigenvalue weighted by molar-refractivity contribution is 0.443. The first-order valence-electron chi connectivity index (χ1n) is 7.84. The van der Waals surface area contributed by atoms with E-state index < -0.39 is 0 Å². The van der Waals surface area contributed by atoms with Crippen molar-refractivity contribution in [1.82, 2.24) is 4.98 Å². The predicted octanol–water partition coefficient (Wildman–Crippen LogP) is 4.66. The summed E-state index contributed by atoms with van der Waals surface area (Å²) in [5.41, 5.74) is 3.68. The smallest absolute Gasteiger partial charge is 0.248 e. The lowest BCUT2D eigenvalue weighted by atomic mass is 9.67. The molecule has 1 atom stereocenters. The zero-order valence-electron chi connectivity index (χ0n) is 13.3. The van der Waals surface area contributed by atoms with Crippen LogP contribution in [-0.2, 0) is 5.41 Å². The molecule has 1 aliphatic carbocycles. The second kappa shape index (κ2) is 6.75. The van der Waals surface area contributed by atoms with E-state index >= 15 is 0 Å². The minimum absolute atomic E-state index is 0.0193. The van der Waals surface area contributed by atoms with Gasteiger partial charge >= 0.3 is 0 Å². The van der Waals surface area contributed by atoms with E-state index in [9.17, 15) is 4.79 Å². The lowest BCUT2D eigenvalue weighted by Crippen LogP contribution is -2.32. The minimum atomic E-state index is -0.0951. The van der Waals surface area contributed by atoms with Gasteiger partial charge in [0.2, 0.25) is 5.56 Å². The fourth-order valence-electron chi connectivity index (χ4n) is 3.25. The van der Waals surface area contributed by atoms with E-state index in [2.05, 4.69) is 43.1 Å². The highest BCUT2D eigenvalue weighted by Gasteiger charge is 2.36. The summed E-state index contributed by atoms with van der Waals surface area (Å²) in [5.74, 6) is 0. The van der Waals surface area contributed by atoms with Crippen LogP contribution < -0.4 is 5.56 Å². The zero-order valence-corrected chi connectivity index (χ0v) is 13.3. The molecular formula is C19H25NO. The molecule has 112 valence electrons. The molecule has 1 N–H and O–H groups in total. The van der Waals surface area contributed by atoms with E-state index in [0.717, 1.165) is 31.4 Å². The summed E-state index contributed by atoms with van der Waals surface area (Å²) < 4.78 is 0. The van der Waals surface area contributed by atoms with Crippen LogP contribution >= 0.6 is 0 Å². The van der Waals surface area contributed by atoms with Gasteiger partial charge in [0, 0.05) is 17.2 Å². The van der Waals surface area contributed by atoms with Crippen molar-refractivity contribution in [2.75, 3.05) is 0 Å². The number of pyridine rings is 1. The molecule has 1 unspecified atom stereocenters. The Labute approximate surface area is 127 Å². The topological polar surface area (TPSA) is 32.9 Å². The molecule has 0 radical (unpaired) electrons. The van der Waals surface area contributed by atoms with Gasteiger partial charge in [0.05, 0.1) is 0 Å². The molecule has 1 fully saturated rings.